The molecular weight excluding hydrogens is 274 g/mol. The number of rotatable bonds is 6. The van der Waals surface area contributed by atoms with Crippen molar-refractivity contribution >= 4 is 5.91 Å². The summed E-state index contributed by atoms with van der Waals surface area (Å²) in [5.74, 6) is 0.382. The van der Waals surface area contributed by atoms with Gasteiger partial charge in [-0.3, -0.25) is 4.79 Å². The van der Waals surface area contributed by atoms with Gasteiger partial charge in [0.25, 0.3) is 0 Å². The summed E-state index contributed by atoms with van der Waals surface area (Å²) >= 11 is 0. The maximum Gasteiger partial charge on any atom is 0.223 e. The molecule has 1 aromatic carbocycles. The molecule has 1 unspecified atom stereocenters. The van der Waals surface area contributed by atoms with Gasteiger partial charge in [0.15, 0.2) is 0 Å². The molecule has 1 heterocycles. The van der Waals surface area contributed by atoms with Crippen LogP contribution in [0.1, 0.15) is 32.3 Å². The summed E-state index contributed by atoms with van der Waals surface area (Å²) < 4.78 is 0. The second-order valence-electron chi connectivity index (χ2n) is 6.67. The third-order valence-electron chi connectivity index (χ3n) is 4.26. The van der Waals surface area contributed by atoms with E-state index in [1.54, 1.807) is 0 Å². The van der Waals surface area contributed by atoms with Crippen LogP contribution in [-0.2, 0) is 11.3 Å². The first kappa shape index (κ1) is 17.0. The summed E-state index contributed by atoms with van der Waals surface area (Å²) in [6.07, 6.45) is 1.89. The van der Waals surface area contributed by atoms with Gasteiger partial charge in [0.1, 0.15) is 0 Å². The Kier molecular flexibility index (Phi) is 6.40. The van der Waals surface area contributed by atoms with Crippen molar-refractivity contribution in [3.63, 3.8) is 0 Å². The van der Waals surface area contributed by atoms with Crippen molar-refractivity contribution in [2.24, 2.45) is 5.92 Å². The van der Waals surface area contributed by atoms with Crippen molar-refractivity contribution < 1.29 is 4.79 Å². The Bertz CT molecular complexity index is 463. The van der Waals surface area contributed by atoms with Crippen molar-refractivity contribution in [2.75, 3.05) is 20.1 Å². The summed E-state index contributed by atoms with van der Waals surface area (Å²) in [6, 6.07) is 11.0. The minimum absolute atomic E-state index is 0.165. The van der Waals surface area contributed by atoms with E-state index in [0.29, 0.717) is 6.04 Å². The van der Waals surface area contributed by atoms with Crippen LogP contribution >= 0.6 is 0 Å². The van der Waals surface area contributed by atoms with Crippen molar-refractivity contribution in [3.8, 4) is 0 Å². The Labute approximate surface area is 134 Å². The number of nitrogens with zero attached hydrogens (tertiary/aromatic N) is 1. The summed E-state index contributed by atoms with van der Waals surface area (Å²) in [4.78, 5) is 14.6. The first-order valence-corrected chi connectivity index (χ1v) is 8.31. The third kappa shape index (κ3) is 5.43. The Hall–Kier alpha value is -1.39. The number of amides is 1. The lowest BCUT2D eigenvalue weighted by molar-refractivity contribution is -0.126. The number of hydrogen-bond acceptors (Lipinski definition) is 3. The fourth-order valence-electron chi connectivity index (χ4n) is 3.20. The fourth-order valence-corrected chi connectivity index (χ4v) is 3.20. The van der Waals surface area contributed by atoms with E-state index in [9.17, 15) is 4.79 Å². The van der Waals surface area contributed by atoms with Gasteiger partial charge in [-0.25, -0.2) is 0 Å². The van der Waals surface area contributed by atoms with Crippen molar-refractivity contribution in [2.45, 2.75) is 45.3 Å². The Morgan fingerprint density at radius 1 is 1.41 bits per heavy atom. The zero-order valence-electron chi connectivity index (χ0n) is 14.0. The number of carbonyl (C=O) groups is 1. The first-order chi connectivity index (χ1) is 10.5. The SMILES string of the molecule is CC(CN(C)Cc1ccccc1)NC(=O)[C@H]1CCN[C@@H](C)C1. The molecule has 4 heteroatoms. The van der Waals surface area contributed by atoms with Crippen LogP contribution < -0.4 is 10.6 Å². The normalized spacial score (nSPS) is 23.3. The highest BCUT2D eigenvalue weighted by Crippen LogP contribution is 2.16. The van der Waals surface area contributed by atoms with Crippen LogP contribution in [0.2, 0.25) is 0 Å². The van der Waals surface area contributed by atoms with Gasteiger partial charge in [-0.15, -0.1) is 0 Å². The maximum absolute atomic E-state index is 12.3. The number of piperidine rings is 1. The molecule has 1 aromatic rings. The highest BCUT2D eigenvalue weighted by molar-refractivity contribution is 5.79. The molecule has 0 aromatic heterocycles. The molecule has 122 valence electrons. The predicted octanol–water partition coefficient (Wildman–Crippen LogP) is 2.01. The number of nitrogens with one attached hydrogen (secondary N) is 2. The number of hydrogen-bond donors (Lipinski definition) is 2. The zero-order chi connectivity index (χ0) is 15.9. The van der Waals surface area contributed by atoms with E-state index >= 15 is 0 Å². The molecule has 0 bridgehead atoms. The van der Waals surface area contributed by atoms with Gasteiger partial charge in [-0.2, -0.15) is 0 Å². The summed E-state index contributed by atoms with van der Waals surface area (Å²) in [5, 5.41) is 6.57. The molecule has 1 aliphatic heterocycles. The molecule has 4 nitrogen and oxygen atoms in total. The van der Waals surface area contributed by atoms with Crippen LogP contribution in [-0.4, -0.2) is 43.0 Å². The second-order valence-corrected chi connectivity index (χ2v) is 6.67. The molecule has 1 aliphatic rings. The van der Waals surface area contributed by atoms with Crippen LogP contribution in [0.15, 0.2) is 30.3 Å². The van der Waals surface area contributed by atoms with Crippen LogP contribution in [0, 0.1) is 5.92 Å². The lowest BCUT2D eigenvalue weighted by atomic mass is 9.92. The first-order valence-electron chi connectivity index (χ1n) is 8.31. The molecule has 1 amide bonds. The van der Waals surface area contributed by atoms with Crippen LogP contribution in [0.4, 0.5) is 0 Å². The van der Waals surface area contributed by atoms with Crippen LogP contribution in [0.3, 0.4) is 0 Å². The van der Waals surface area contributed by atoms with Crippen molar-refractivity contribution in [1.29, 1.82) is 0 Å². The van der Waals surface area contributed by atoms with E-state index in [2.05, 4.69) is 60.7 Å². The van der Waals surface area contributed by atoms with E-state index in [1.165, 1.54) is 5.56 Å². The summed E-state index contributed by atoms with van der Waals surface area (Å²) in [5.41, 5.74) is 1.30. The lowest BCUT2D eigenvalue weighted by Crippen LogP contribution is -2.47. The minimum Gasteiger partial charge on any atom is -0.352 e. The van der Waals surface area contributed by atoms with Gasteiger partial charge in [-0.1, -0.05) is 30.3 Å². The quantitative estimate of drug-likeness (QED) is 0.845. The van der Waals surface area contributed by atoms with Crippen molar-refractivity contribution in [1.82, 2.24) is 15.5 Å². The molecule has 0 spiro atoms. The monoisotopic (exact) mass is 303 g/mol. The Morgan fingerprint density at radius 2 is 2.14 bits per heavy atom. The molecule has 3 atom stereocenters. The van der Waals surface area contributed by atoms with E-state index in [-0.39, 0.29) is 17.9 Å². The molecule has 22 heavy (non-hydrogen) atoms. The van der Waals surface area contributed by atoms with Crippen molar-refractivity contribution in [3.05, 3.63) is 35.9 Å². The summed E-state index contributed by atoms with van der Waals surface area (Å²) in [7, 11) is 2.10. The molecule has 0 radical (unpaired) electrons. The number of likely N-dealkylation sites (N-methyl/N-ethyl adjacent to an activating group) is 1. The molecule has 0 aliphatic carbocycles. The molecule has 1 saturated heterocycles. The van der Waals surface area contributed by atoms with Gasteiger partial charge in [0.05, 0.1) is 0 Å². The average molecular weight is 303 g/mol. The van der Waals surface area contributed by atoms with E-state index in [0.717, 1.165) is 32.5 Å². The molecular formula is C18H29N3O. The zero-order valence-corrected chi connectivity index (χ0v) is 14.0. The van der Waals surface area contributed by atoms with Gasteiger partial charge >= 0.3 is 0 Å². The minimum atomic E-state index is 0.165. The van der Waals surface area contributed by atoms with Gasteiger partial charge in [0, 0.05) is 31.1 Å². The summed E-state index contributed by atoms with van der Waals surface area (Å²) in [6.45, 7) is 6.95. The predicted molar refractivity (Wildman–Crippen MR) is 90.6 cm³/mol. The van der Waals surface area contributed by atoms with E-state index < -0.39 is 0 Å². The molecule has 2 N–H and O–H groups in total. The van der Waals surface area contributed by atoms with Crippen LogP contribution in [0.25, 0.3) is 0 Å². The average Bonchev–Trinajstić information content (AvgIpc) is 2.47. The largest absolute Gasteiger partial charge is 0.352 e. The number of benzene rings is 1. The van der Waals surface area contributed by atoms with Gasteiger partial charge in [-0.05, 0) is 45.8 Å². The Balaban J connectivity index is 1.74. The highest BCUT2D eigenvalue weighted by atomic mass is 16.1. The third-order valence-corrected chi connectivity index (χ3v) is 4.26. The van der Waals surface area contributed by atoms with E-state index in [1.807, 2.05) is 6.07 Å². The standard InChI is InChI=1S/C18H29N3O/c1-14-11-17(9-10-19-14)18(22)20-15(2)12-21(3)13-16-7-5-4-6-8-16/h4-8,14-15,17,19H,9-13H2,1-3H3,(H,20,22)/t14-,15?,17-/m0/s1. The van der Waals surface area contributed by atoms with E-state index in [4.69, 9.17) is 0 Å². The Morgan fingerprint density at radius 3 is 2.82 bits per heavy atom. The topological polar surface area (TPSA) is 44.4 Å². The molecule has 2 rings (SSSR count). The maximum atomic E-state index is 12.3. The van der Waals surface area contributed by atoms with Gasteiger partial charge < -0.3 is 15.5 Å². The smallest absolute Gasteiger partial charge is 0.223 e. The number of carbonyl (C=O) groups excluding carboxylic acids is 1. The highest BCUT2D eigenvalue weighted by Gasteiger charge is 2.25. The molecule has 1 fully saturated rings. The lowest BCUT2D eigenvalue weighted by Gasteiger charge is -2.29. The fraction of sp³-hybridized carbons (Fsp3) is 0.611. The second kappa shape index (κ2) is 8.30. The van der Waals surface area contributed by atoms with Gasteiger partial charge in [0.2, 0.25) is 5.91 Å². The van der Waals surface area contributed by atoms with Crippen LogP contribution in [0.5, 0.6) is 0 Å². The molecule has 0 saturated carbocycles.